The maximum absolute atomic E-state index is 13.6. The first-order chi connectivity index (χ1) is 18.7. The van der Waals surface area contributed by atoms with Gasteiger partial charge in [-0.15, -0.1) is 0 Å². The number of hydrogen-bond donors (Lipinski definition) is 1. The molecule has 1 heterocycles. The van der Waals surface area contributed by atoms with Crippen molar-refractivity contribution >= 4 is 17.5 Å². The molecule has 0 unspecified atom stereocenters. The number of nitrogens with one attached hydrogen (secondary N) is 1. The topological polar surface area (TPSA) is 55.9 Å². The van der Waals surface area contributed by atoms with Crippen LogP contribution in [0.4, 0.5) is 10.1 Å². The Morgan fingerprint density at radius 2 is 1.59 bits per heavy atom. The lowest BCUT2D eigenvalue weighted by molar-refractivity contribution is -0.145. The third kappa shape index (κ3) is 7.45. The third-order valence-electron chi connectivity index (χ3n) is 7.28. The van der Waals surface area contributed by atoms with E-state index in [2.05, 4.69) is 31.3 Å². The molecule has 3 aromatic rings. The number of carbonyl (C=O) groups excluding carboxylic acids is 2. The average Bonchev–Trinajstić information content (AvgIpc) is 3.35. The van der Waals surface area contributed by atoms with E-state index in [0.717, 1.165) is 35.2 Å². The highest BCUT2D eigenvalue weighted by Gasteiger charge is 2.27. The third-order valence-corrected chi connectivity index (χ3v) is 7.28. The first kappa shape index (κ1) is 28.3. The van der Waals surface area contributed by atoms with Crippen LogP contribution in [-0.2, 0) is 22.7 Å². The molecule has 0 aromatic heterocycles. The lowest BCUT2D eigenvalue weighted by atomic mass is 10.0. The molecule has 0 saturated heterocycles. The van der Waals surface area contributed by atoms with Crippen molar-refractivity contribution in [3.8, 4) is 11.1 Å². The fraction of sp³-hybridized carbons (Fsp3) is 0.375. The normalized spacial score (nSPS) is 12.9. The maximum Gasteiger partial charge on any atom is 0.256 e. The molecule has 6 nitrogen and oxygen atoms in total. The van der Waals surface area contributed by atoms with Gasteiger partial charge >= 0.3 is 0 Å². The summed E-state index contributed by atoms with van der Waals surface area (Å²) in [4.78, 5) is 28.4. The van der Waals surface area contributed by atoms with Crippen LogP contribution >= 0.6 is 0 Å². The van der Waals surface area contributed by atoms with Crippen molar-refractivity contribution in [2.75, 3.05) is 31.6 Å². The molecule has 0 atom stereocenters. The molecule has 4 rings (SSSR count). The summed E-state index contributed by atoms with van der Waals surface area (Å²) in [6.45, 7) is 8.39. The quantitative estimate of drug-likeness (QED) is 0.331. The van der Waals surface area contributed by atoms with Crippen LogP contribution in [0.1, 0.15) is 43.4 Å². The van der Waals surface area contributed by atoms with E-state index in [4.69, 9.17) is 0 Å². The Labute approximate surface area is 231 Å². The van der Waals surface area contributed by atoms with E-state index in [1.54, 1.807) is 24.2 Å². The second-order valence-electron chi connectivity index (χ2n) is 10.8. The predicted molar refractivity (Wildman–Crippen MR) is 154 cm³/mol. The van der Waals surface area contributed by atoms with Crippen molar-refractivity contribution in [1.29, 1.82) is 0 Å². The number of anilines is 1. The highest BCUT2D eigenvalue weighted by molar-refractivity contribution is 5.87. The molecule has 1 N–H and O–H groups in total. The minimum Gasteiger partial charge on any atom is -0.355 e. The summed E-state index contributed by atoms with van der Waals surface area (Å²) in [5.41, 5.74) is 5.97. The number of nitrogens with zero attached hydrogens (tertiary/aromatic N) is 3. The minimum absolute atomic E-state index is 0.0521. The van der Waals surface area contributed by atoms with Gasteiger partial charge in [0.15, 0.2) is 0 Å². The van der Waals surface area contributed by atoms with Crippen LogP contribution in [0.3, 0.4) is 0 Å². The van der Waals surface area contributed by atoms with Crippen LogP contribution in [0.2, 0.25) is 0 Å². The molecule has 1 aliphatic heterocycles. The molecular weight excluding hydrogens is 491 g/mol. The zero-order valence-corrected chi connectivity index (χ0v) is 23.4. The van der Waals surface area contributed by atoms with Gasteiger partial charge in [-0.1, -0.05) is 62.4 Å². The standard InChI is InChI=1S/C32H39FN4O2/c1-23(2)8-7-17-34-31(38)21-36(22-32(39)35(4)37-19-27-9-5-6-10-28(27)20-37)30-18-26(12-11-24(30)3)25-13-15-29(33)16-14-25/h5-6,9-16,18,23H,7-8,17,19-22H2,1-4H3,(H,34,38). The molecule has 2 amide bonds. The molecule has 0 radical (unpaired) electrons. The fourth-order valence-electron chi connectivity index (χ4n) is 4.92. The highest BCUT2D eigenvalue weighted by atomic mass is 19.1. The van der Waals surface area contributed by atoms with Crippen LogP contribution < -0.4 is 10.2 Å². The van der Waals surface area contributed by atoms with Gasteiger partial charge in [-0.25, -0.2) is 9.40 Å². The molecule has 0 saturated carbocycles. The Morgan fingerprint density at radius 3 is 2.23 bits per heavy atom. The number of aryl methyl sites for hydroxylation is 1. The Bertz CT molecular complexity index is 1270. The van der Waals surface area contributed by atoms with E-state index in [0.29, 0.717) is 25.6 Å². The van der Waals surface area contributed by atoms with E-state index in [-0.39, 0.29) is 30.7 Å². The molecule has 3 aromatic carbocycles. The number of carbonyl (C=O) groups is 2. The first-order valence-electron chi connectivity index (χ1n) is 13.7. The molecule has 39 heavy (non-hydrogen) atoms. The molecular formula is C32H39FN4O2. The van der Waals surface area contributed by atoms with E-state index in [1.807, 2.05) is 47.2 Å². The van der Waals surface area contributed by atoms with Gasteiger partial charge in [0.2, 0.25) is 5.91 Å². The van der Waals surface area contributed by atoms with E-state index >= 15 is 0 Å². The molecule has 7 heteroatoms. The van der Waals surface area contributed by atoms with Crippen LogP contribution in [0.15, 0.2) is 66.7 Å². The Morgan fingerprint density at radius 1 is 0.949 bits per heavy atom. The zero-order chi connectivity index (χ0) is 27.9. The number of likely N-dealkylation sites (N-methyl/N-ethyl adjacent to an activating group) is 1. The van der Waals surface area contributed by atoms with E-state index in [1.165, 1.54) is 23.3 Å². The number of fused-ring (bicyclic) bond motifs is 1. The lowest BCUT2D eigenvalue weighted by Crippen LogP contribution is -2.48. The number of hydrazine groups is 1. The summed E-state index contributed by atoms with van der Waals surface area (Å²) in [5.74, 6) is 0.0797. The first-order valence-corrected chi connectivity index (χ1v) is 13.7. The van der Waals surface area contributed by atoms with Gasteiger partial charge in [0, 0.05) is 32.4 Å². The number of hydrogen-bond acceptors (Lipinski definition) is 4. The predicted octanol–water partition coefficient (Wildman–Crippen LogP) is 5.55. The summed E-state index contributed by atoms with van der Waals surface area (Å²) in [6.07, 6.45) is 1.96. The van der Waals surface area contributed by atoms with E-state index < -0.39 is 0 Å². The van der Waals surface area contributed by atoms with Crippen molar-refractivity contribution in [1.82, 2.24) is 15.3 Å². The Balaban J connectivity index is 1.53. The smallest absolute Gasteiger partial charge is 0.256 e. The van der Waals surface area contributed by atoms with Gasteiger partial charge in [0.25, 0.3) is 5.91 Å². The van der Waals surface area contributed by atoms with Crippen molar-refractivity contribution in [3.63, 3.8) is 0 Å². The summed E-state index contributed by atoms with van der Waals surface area (Å²) < 4.78 is 13.5. The van der Waals surface area contributed by atoms with Crippen LogP contribution in [0, 0.1) is 18.7 Å². The monoisotopic (exact) mass is 530 g/mol. The van der Waals surface area contributed by atoms with Crippen LogP contribution in [0.25, 0.3) is 11.1 Å². The number of benzene rings is 3. The summed E-state index contributed by atoms with van der Waals surface area (Å²) in [6, 6.07) is 20.5. The van der Waals surface area contributed by atoms with Gasteiger partial charge in [-0.2, -0.15) is 0 Å². The average molecular weight is 531 g/mol. The molecule has 1 aliphatic rings. The van der Waals surface area contributed by atoms with Gasteiger partial charge in [0.1, 0.15) is 5.82 Å². The Kier molecular flexibility index (Phi) is 9.36. The molecule has 0 bridgehead atoms. The summed E-state index contributed by atoms with van der Waals surface area (Å²) >= 11 is 0. The molecule has 0 fully saturated rings. The number of rotatable bonds is 11. The van der Waals surface area contributed by atoms with Gasteiger partial charge < -0.3 is 10.2 Å². The fourth-order valence-corrected chi connectivity index (χ4v) is 4.92. The second kappa shape index (κ2) is 12.9. The van der Waals surface area contributed by atoms with Crippen LogP contribution in [0.5, 0.6) is 0 Å². The van der Waals surface area contributed by atoms with Crippen molar-refractivity contribution in [2.24, 2.45) is 5.92 Å². The molecule has 206 valence electrons. The Hall–Kier alpha value is -3.71. The maximum atomic E-state index is 13.6. The van der Waals surface area contributed by atoms with Gasteiger partial charge in [-0.05, 0) is 71.7 Å². The summed E-state index contributed by atoms with van der Waals surface area (Å²) in [5, 5.41) is 6.72. The SMILES string of the molecule is Cc1ccc(-c2ccc(F)cc2)cc1N(CC(=O)NCCCC(C)C)CC(=O)N(C)N1Cc2ccccc2C1. The number of halogens is 1. The second-order valence-corrected chi connectivity index (χ2v) is 10.8. The lowest BCUT2D eigenvalue weighted by Gasteiger charge is -2.32. The van der Waals surface area contributed by atoms with Crippen molar-refractivity contribution in [2.45, 2.75) is 46.7 Å². The molecule has 0 spiro atoms. The minimum atomic E-state index is -0.292. The van der Waals surface area contributed by atoms with Crippen molar-refractivity contribution in [3.05, 3.63) is 89.2 Å². The van der Waals surface area contributed by atoms with Gasteiger partial charge in [0.05, 0.1) is 13.1 Å². The largest absolute Gasteiger partial charge is 0.355 e. The van der Waals surface area contributed by atoms with E-state index in [9.17, 15) is 14.0 Å². The van der Waals surface area contributed by atoms with Crippen molar-refractivity contribution < 1.29 is 14.0 Å². The number of amides is 2. The van der Waals surface area contributed by atoms with Gasteiger partial charge in [-0.3, -0.25) is 14.6 Å². The zero-order valence-electron chi connectivity index (χ0n) is 23.4. The van der Waals surface area contributed by atoms with Crippen LogP contribution in [-0.4, -0.2) is 48.5 Å². The molecule has 0 aliphatic carbocycles. The highest BCUT2D eigenvalue weighted by Crippen LogP contribution is 2.29. The summed E-state index contributed by atoms with van der Waals surface area (Å²) in [7, 11) is 1.79.